The molecule has 1 amide bonds. The maximum absolute atomic E-state index is 11.6. The molecule has 3 nitrogen and oxygen atoms in total. The highest BCUT2D eigenvalue weighted by Gasteiger charge is 2.08. The molecular formula is C11H19ClN2OS. The van der Waals surface area contributed by atoms with Crippen LogP contribution in [0.25, 0.3) is 0 Å². The molecule has 2 N–H and O–H groups in total. The molecule has 0 aliphatic heterocycles. The van der Waals surface area contributed by atoms with Gasteiger partial charge in [-0.15, -0.1) is 23.7 Å². The Bertz CT molecular complexity index is 315. The number of amides is 1. The summed E-state index contributed by atoms with van der Waals surface area (Å²) in [6, 6.07) is 1.97. The smallest absolute Gasteiger partial charge is 0.261 e. The van der Waals surface area contributed by atoms with Crippen molar-refractivity contribution in [3.8, 4) is 0 Å². The number of carbonyl (C=O) groups is 1. The van der Waals surface area contributed by atoms with Crippen molar-refractivity contribution in [1.82, 2.24) is 10.6 Å². The maximum Gasteiger partial charge on any atom is 0.261 e. The zero-order valence-corrected chi connectivity index (χ0v) is 11.3. The Morgan fingerprint density at radius 3 is 2.69 bits per heavy atom. The van der Waals surface area contributed by atoms with Gasteiger partial charge in [-0.1, -0.05) is 6.92 Å². The normalized spacial score (nSPS) is 9.62. The monoisotopic (exact) mass is 262 g/mol. The fraction of sp³-hybridized carbons (Fsp3) is 0.545. The molecule has 0 saturated carbocycles. The van der Waals surface area contributed by atoms with Gasteiger partial charge in [-0.05, 0) is 36.9 Å². The third-order valence-electron chi connectivity index (χ3n) is 2.08. The van der Waals surface area contributed by atoms with E-state index in [2.05, 4.69) is 17.6 Å². The van der Waals surface area contributed by atoms with Crippen LogP contribution in [0, 0.1) is 6.92 Å². The van der Waals surface area contributed by atoms with Gasteiger partial charge in [0, 0.05) is 13.1 Å². The summed E-state index contributed by atoms with van der Waals surface area (Å²) in [5.41, 5.74) is 1.05. The summed E-state index contributed by atoms with van der Waals surface area (Å²) in [6.45, 7) is 6.62. The number of aryl methyl sites for hydroxylation is 1. The summed E-state index contributed by atoms with van der Waals surface area (Å²) in [5.74, 6) is 0.0424. The largest absolute Gasteiger partial charge is 0.350 e. The lowest BCUT2D eigenvalue weighted by Crippen LogP contribution is -2.31. The van der Waals surface area contributed by atoms with Gasteiger partial charge in [0.2, 0.25) is 0 Å². The summed E-state index contributed by atoms with van der Waals surface area (Å²) >= 11 is 1.49. The number of hydrogen-bond donors (Lipinski definition) is 2. The van der Waals surface area contributed by atoms with E-state index in [1.807, 2.05) is 18.4 Å². The van der Waals surface area contributed by atoms with E-state index >= 15 is 0 Å². The number of carbonyl (C=O) groups excluding carboxylic acids is 1. The van der Waals surface area contributed by atoms with Crippen LogP contribution >= 0.6 is 23.7 Å². The Labute approximate surface area is 107 Å². The topological polar surface area (TPSA) is 41.1 Å². The van der Waals surface area contributed by atoms with Crippen LogP contribution in [0.1, 0.15) is 28.6 Å². The summed E-state index contributed by atoms with van der Waals surface area (Å²) in [5, 5.41) is 8.08. The molecule has 1 aromatic rings. The molecule has 1 heterocycles. The van der Waals surface area contributed by atoms with E-state index in [1.54, 1.807) is 0 Å². The molecule has 5 heteroatoms. The maximum atomic E-state index is 11.6. The first-order valence-electron chi connectivity index (χ1n) is 5.28. The molecular weight excluding hydrogens is 244 g/mol. The van der Waals surface area contributed by atoms with Gasteiger partial charge in [0.25, 0.3) is 5.91 Å². The van der Waals surface area contributed by atoms with Gasteiger partial charge >= 0.3 is 0 Å². The molecule has 92 valence electrons. The van der Waals surface area contributed by atoms with Gasteiger partial charge in [0.1, 0.15) is 0 Å². The van der Waals surface area contributed by atoms with Crippen molar-refractivity contribution in [1.29, 1.82) is 0 Å². The Kier molecular flexibility index (Phi) is 8.25. The second-order valence-corrected chi connectivity index (χ2v) is 4.35. The fourth-order valence-electron chi connectivity index (χ4n) is 1.25. The number of hydrogen-bond acceptors (Lipinski definition) is 3. The first-order chi connectivity index (χ1) is 7.25. The predicted molar refractivity (Wildman–Crippen MR) is 71.8 cm³/mol. The third-order valence-corrected chi connectivity index (χ3v) is 3.10. The fourth-order valence-corrected chi connectivity index (χ4v) is 2.09. The summed E-state index contributed by atoms with van der Waals surface area (Å²) < 4.78 is 0. The Hall–Kier alpha value is -0.580. The molecule has 1 rings (SSSR count). The molecule has 0 aliphatic carbocycles. The lowest BCUT2D eigenvalue weighted by molar-refractivity contribution is 0.0957. The average molecular weight is 263 g/mol. The van der Waals surface area contributed by atoms with Crippen molar-refractivity contribution in [2.75, 3.05) is 19.6 Å². The second kappa shape index (κ2) is 8.56. The van der Waals surface area contributed by atoms with E-state index in [4.69, 9.17) is 0 Å². The molecule has 0 fully saturated rings. The summed E-state index contributed by atoms with van der Waals surface area (Å²) in [6.07, 6.45) is 1.12. The summed E-state index contributed by atoms with van der Waals surface area (Å²) in [7, 11) is 0. The van der Waals surface area contributed by atoms with Gasteiger partial charge in [-0.25, -0.2) is 0 Å². The molecule has 0 unspecified atom stereocenters. The average Bonchev–Trinajstić information content (AvgIpc) is 2.64. The van der Waals surface area contributed by atoms with E-state index in [0.29, 0.717) is 6.54 Å². The molecule has 16 heavy (non-hydrogen) atoms. The van der Waals surface area contributed by atoms with Gasteiger partial charge in [-0.3, -0.25) is 4.79 Å². The highest BCUT2D eigenvalue weighted by Crippen LogP contribution is 2.14. The number of rotatable bonds is 6. The third kappa shape index (κ3) is 4.96. The quantitative estimate of drug-likeness (QED) is 0.772. The molecule has 0 atom stereocenters. The highest BCUT2D eigenvalue weighted by atomic mass is 35.5. The zero-order valence-electron chi connectivity index (χ0n) is 9.71. The number of halogens is 1. The Morgan fingerprint density at radius 1 is 1.38 bits per heavy atom. The Balaban J connectivity index is 0.00000225. The van der Waals surface area contributed by atoms with E-state index < -0.39 is 0 Å². The van der Waals surface area contributed by atoms with Gasteiger partial charge in [-0.2, -0.15) is 0 Å². The van der Waals surface area contributed by atoms with E-state index in [1.165, 1.54) is 11.3 Å². The molecule has 0 aromatic carbocycles. The number of nitrogens with one attached hydrogen (secondary N) is 2. The minimum atomic E-state index is 0. The molecule has 0 bridgehead atoms. The van der Waals surface area contributed by atoms with Crippen molar-refractivity contribution in [3.63, 3.8) is 0 Å². The molecule has 1 aromatic heterocycles. The van der Waals surface area contributed by atoms with Crippen LogP contribution in [0.5, 0.6) is 0 Å². The molecule has 0 spiro atoms. The van der Waals surface area contributed by atoms with E-state index in [0.717, 1.165) is 30.0 Å². The lowest BCUT2D eigenvalue weighted by atomic mass is 10.3. The van der Waals surface area contributed by atoms with Crippen molar-refractivity contribution in [3.05, 3.63) is 21.9 Å². The van der Waals surface area contributed by atoms with Crippen molar-refractivity contribution in [2.24, 2.45) is 0 Å². The van der Waals surface area contributed by atoms with Crippen LogP contribution in [0.2, 0.25) is 0 Å². The van der Waals surface area contributed by atoms with Crippen molar-refractivity contribution >= 4 is 29.7 Å². The second-order valence-electron chi connectivity index (χ2n) is 3.44. The van der Waals surface area contributed by atoms with Crippen LogP contribution in [0.4, 0.5) is 0 Å². The van der Waals surface area contributed by atoms with Crippen LogP contribution in [-0.2, 0) is 0 Å². The van der Waals surface area contributed by atoms with Crippen LogP contribution in [0.15, 0.2) is 11.4 Å². The Morgan fingerprint density at radius 2 is 2.12 bits per heavy atom. The molecule has 0 radical (unpaired) electrons. The lowest BCUT2D eigenvalue weighted by Gasteiger charge is -2.05. The predicted octanol–water partition coefficient (Wildman–Crippen LogP) is 2.21. The van der Waals surface area contributed by atoms with Crippen LogP contribution in [-0.4, -0.2) is 25.5 Å². The van der Waals surface area contributed by atoms with E-state index in [9.17, 15) is 4.79 Å². The highest BCUT2D eigenvalue weighted by molar-refractivity contribution is 7.12. The standard InChI is InChI=1S/C11H18N2OS.ClH/c1-3-5-12-6-7-13-11(14)10-9(2)4-8-15-10;/h4,8,12H,3,5-7H2,1-2H3,(H,13,14);1H. The van der Waals surface area contributed by atoms with Crippen molar-refractivity contribution in [2.45, 2.75) is 20.3 Å². The van der Waals surface area contributed by atoms with Gasteiger partial charge in [0.05, 0.1) is 4.88 Å². The zero-order chi connectivity index (χ0) is 11.1. The molecule has 0 aliphatic rings. The molecule has 0 saturated heterocycles. The first-order valence-corrected chi connectivity index (χ1v) is 6.16. The van der Waals surface area contributed by atoms with Crippen LogP contribution < -0.4 is 10.6 Å². The first kappa shape index (κ1) is 15.4. The summed E-state index contributed by atoms with van der Waals surface area (Å²) in [4.78, 5) is 12.5. The van der Waals surface area contributed by atoms with Gasteiger partial charge < -0.3 is 10.6 Å². The van der Waals surface area contributed by atoms with Crippen LogP contribution in [0.3, 0.4) is 0 Å². The minimum Gasteiger partial charge on any atom is -0.350 e. The SMILES string of the molecule is CCCNCCNC(=O)c1sccc1C.Cl. The minimum absolute atomic E-state index is 0. The van der Waals surface area contributed by atoms with Crippen molar-refractivity contribution < 1.29 is 4.79 Å². The van der Waals surface area contributed by atoms with Gasteiger partial charge in [0.15, 0.2) is 0 Å². The number of thiophene rings is 1. The van der Waals surface area contributed by atoms with E-state index in [-0.39, 0.29) is 18.3 Å².